The van der Waals surface area contributed by atoms with Crippen LogP contribution in [-0.2, 0) is 13.0 Å². The van der Waals surface area contributed by atoms with Crippen LogP contribution < -0.4 is 4.74 Å². The minimum atomic E-state index is 0.0911. The van der Waals surface area contributed by atoms with Crippen LogP contribution in [0.4, 0.5) is 0 Å². The van der Waals surface area contributed by atoms with Gasteiger partial charge in [-0.25, -0.2) is 0 Å². The third-order valence-electron chi connectivity index (χ3n) is 4.99. The standard InChI is InChI=1S/C22H31N3O2/c1-5-25-21(15-18(23-25)13-16(2)3)22(26)24-11-9-19(10-12-24)27-20-8-6-7-17(4)14-20/h6-8,14-16,19H,5,9-13H2,1-4H3. The number of hydrogen-bond acceptors (Lipinski definition) is 3. The Balaban J connectivity index is 1.60. The molecule has 0 bridgehead atoms. The molecule has 0 unspecified atom stereocenters. The minimum absolute atomic E-state index is 0.0911. The second-order valence-electron chi connectivity index (χ2n) is 7.86. The molecule has 0 aliphatic carbocycles. The number of ether oxygens (including phenoxy) is 1. The van der Waals surface area contributed by atoms with E-state index >= 15 is 0 Å². The Morgan fingerprint density at radius 2 is 2.00 bits per heavy atom. The van der Waals surface area contributed by atoms with Gasteiger partial charge in [-0.05, 0) is 49.9 Å². The average molecular weight is 370 g/mol. The number of benzene rings is 1. The number of hydrogen-bond donors (Lipinski definition) is 0. The van der Waals surface area contributed by atoms with Gasteiger partial charge in [0.1, 0.15) is 17.5 Å². The number of rotatable bonds is 6. The lowest BCUT2D eigenvalue weighted by Gasteiger charge is -2.32. The van der Waals surface area contributed by atoms with Crippen LogP contribution in [-0.4, -0.2) is 39.8 Å². The summed E-state index contributed by atoms with van der Waals surface area (Å²) in [5, 5.41) is 4.61. The van der Waals surface area contributed by atoms with E-state index in [1.807, 2.05) is 34.7 Å². The van der Waals surface area contributed by atoms with Crippen molar-refractivity contribution in [2.75, 3.05) is 13.1 Å². The minimum Gasteiger partial charge on any atom is -0.490 e. The molecule has 1 aliphatic heterocycles. The molecule has 2 heterocycles. The van der Waals surface area contributed by atoms with E-state index in [2.05, 4.69) is 38.0 Å². The summed E-state index contributed by atoms with van der Waals surface area (Å²) >= 11 is 0. The predicted molar refractivity (Wildman–Crippen MR) is 107 cm³/mol. The molecule has 2 aromatic rings. The quantitative estimate of drug-likeness (QED) is 0.770. The topological polar surface area (TPSA) is 47.4 Å². The molecule has 1 amide bonds. The Morgan fingerprint density at radius 1 is 1.26 bits per heavy atom. The second-order valence-corrected chi connectivity index (χ2v) is 7.86. The van der Waals surface area contributed by atoms with E-state index in [-0.39, 0.29) is 12.0 Å². The number of carbonyl (C=O) groups excluding carboxylic acids is 1. The summed E-state index contributed by atoms with van der Waals surface area (Å²) in [6.45, 7) is 10.6. The molecule has 1 aliphatic rings. The zero-order valence-electron chi connectivity index (χ0n) is 16.9. The SMILES string of the molecule is CCn1nc(CC(C)C)cc1C(=O)N1CCC(Oc2cccc(C)c2)CC1. The highest BCUT2D eigenvalue weighted by molar-refractivity contribution is 5.92. The fourth-order valence-corrected chi connectivity index (χ4v) is 3.62. The fraction of sp³-hybridized carbons (Fsp3) is 0.545. The maximum Gasteiger partial charge on any atom is 0.272 e. The molecule has 0 spiro atoms. The van der Waals surface area contributed by atoms with Gasteiger partial charge in [0.25, 0.3) is 5.91 Å². The van der Waals surface area contributed by atoms with Crippen molar-refractivity contribution in [1.29, 1.82) is 0 Å². The number of nitrogens with zero attached hydrogens (tertiary/aromatic N) is 3. The summed E-state index contributed by atoms with van der Waals surface area (Å²) in [4.78, 5) is 15.0. The van der Waals surface area contributed by atoms with Crippen molar-refractivity contribution in [3.05, 3.63) is 47.3 Å². The van der Waals surface area contributed by atoms with E-state index in [0.29, 0.717) is 18.2 Å². The van der Waals surface area contributed by atoms with Crippen LogP contribution in [0, 0.1) is 12.8 Å². The van der Waals surface area contributed by atoms with Gasteiger partial charge in [0.05, 0.1) is 5.69 Å². The monoisotopic (exact) mass is 369 g/mol. The molecule has 1 saturated heterocycles. The van der Waals surface area contributed by atoms with E-state index in [1.165, 1.54) is 5.56 Å². The van der Waals surface area contributed by atoms with Crippen molar-refractivity contribution in [2.24, 2.45) is 5.92 Å². The highest BCUT2D eigenvalue weighted by atomic mass is 16.5. The second kappa shape index (κ2) is 8.59. The Hall–Kier alpha value is -2.30. The van der Waals surface area contributed by atoms with Crippen molar-refractivity contribution in [3.63, 3.8) is 0 Å². The zero-order valence-corrected chi connectivity index (χ0v) is 16.9. The van der Waals surface area contributed by atoms with Gasteiger partial charge in [0, 0.05) is 32.5 Å². The largest absolute Gasteiger partial charge is 0.490 e. The third-order valence-corrected chi connectivity index (χ3v) is 4.99. The van der Waals surface area contributed by atoms with Crippen molar-refractivity contribution >= 4 is 5.91 Å². The first-order valence-electron chi connectivity index (χ1n) is 10.1. The summed E-state index contributed by atoms with van der Waals surface area (Å²) in [5.74, 6) is 1.54. The van der Waals surface area contributed by atoms with E-state index in [0.717, 1.165) is 43.8 Å². The number of amides is 1. The molecular formula is C22H31N3O2. The van der Waals surface area contributed by atoms with Crippen molar-refractivity contribution in [2.45, 2.75) is 59.6 Å². The normalized spacial score (nSPS) is 15.4. The number of piperidine rings is 1. The van der Waals surface area contributed by atoms with Crippen LogP contribution in [0.3, 0.4) is 0 Å². The highest BCUT2D eigenvalue weighted by Gasteiger charge is 2.27. The van der Waals surface area contributed by atoms with Gasteiger partial charge in [0.2, 0.25) is 0 Å². The Kier molecular flexibility index (Phi) is 6.19. The smallest absolute Gasteiger partial charge is 0.272 e. The van der Waals surface area contributed by atoms with E-state index in [9.17, 15) is 4.79 Å². The Morgan fingerprint density at radius 3 is 2.63 bits per heavy atom. The molecule has 0 radical (unpaired) electrons. The molecule has 1 aromatic heterocycles. The van der Waals surface area contributed by atoms with Crippen LogP contribution in [0.1, 0.15) is 55.4 Å². The molecule has 5 heteroatoms. The van der Waals surface area contributed by atoms with Crippen molar-refractivity contribution in [3.8, 4) is 5.75 Å². The Bertz CT molecular complexity index is 774. The van der Waals surface area contributed by atoms with E-state index in [1.54, 1.807) is 0 Å². The van der Waals surface area contributed by atoms with Crippen molar-refractivity contribution < 1.29 is 9.53 Å². The van der Waals surface area contributed by atoms with Gasteiger partial charge >= 0.3 is 0 Å². The molecule has 1 fully saturated rings. The summed E-state index contributed by atoms with van der Waals surface area (Å²) in [7, 11) is 0. The summed E-state index contributed by atoms with van der Waals surface area (Å²) in [6, 6.07) is 10.1. The summed E-state index contributed by atoms with van der Waals surface area (Å²) in [5.41, 5.74) is 2.92. The van der Waals surface area contributed by atoms with Gasteiger partial charge in [0.15, 0.2) is 0 Å². The molecule has 0 atom stereocenters. The van der Waals surface area contributed by atoms with Crippen LogP contribution in [0.2, 0.25) is 0 Å². The maximum atomic E-state index is 13.0. The number of likely N-dealkylation sites (tertiary alicyclic amines) is 1. The zero-order chi connectivity index (χ0) is 19.4. The third kappa shape index (κ3) is 4.90. The lowest BCUT2D eigenvalue weighted by atomic mass is 10.1. The lowest BCUT2D eigenvalue weighted by molar-refractivity contribution is 0.0584. The summed E-state index contributed by atoms with van der Waals surface area (Å²) < 4.78 is 7.95. The van der Waals surface area contributed by atoms with Crippen LogP contribution in [0.15, 0.2) is 30.3 Å². The molecule has 0 N–H and O–H groups in total. The summed E-state index contributed by atoms with van der Waals surface area (Å²) in [6.07, 6.45) is 2.79. The number of aromatic nitrogens is 2. The molecule has 3 rings (SSSR count). The van der Waals surface area contributed by atoms with E-state index < -0.39 is 0 Å². The van der Waals surface area contributed by atoms with Crippen molar-refractivity contribution in [1.82, 2.24) is 14.7 Å². The van der Waals surface area contributed by atoms with Crippen LogP contribution in [0.5, 0.6) is 5.75 Å². The first-order valence-corrected chi connectivity index (χ1v) is 10.1. The van der Waals surface area contributed by atoms with Crippen LogP contribution in [0.25, 0.3) is 0 Å². The Labute approximate surface area is 162 Å². The highest BCUT2D eigenvalue weighted by Crippen LogP contribution is 2.21. The fourth-order valence-electron chi connectivity index (χ4n) is 3.62. The number of aryl methyl sites for hydroxylation is 2. The predicted octanol–water partition coefficient (Wildman–Crippen LogP) is 4.09. The lowest BCUT2D eigenvalue weighted by Crippen LogP contribution is -2.42. The molecule has 1 aromatic carbocycles. The van der Waals surface area contributed by atoms with Gasteiger partial charge < -0.3 is 9.64 Å². The number of carbonyl (C=O) groups is 1. The van der Waals surface area contributed by atoms with Crippen LogP contribution >= 0.6 is 0 Å². The first kappa shape index (κ1) is 19.5. The maximum absolute atomic E-state index is 13.0. The van der Waals surface area contributed by atoms with Gasteiger partial charge in [-0.1, -0.05) is 26.0 Å². The molecule has 0 saturated carbocycles. The van der Waals surface area contributed by atoms with Gasteiger partial charge in [-0.15, -0.1) is 0 Å². The van der Waals surface area contributed by atoms with Gasteiger partial charge in [-0.3, -0.25) is 9.48 Å². The van der Waals surface area contributed by atoms with E-state index in [4.69, 9.17) is 4.74 Å². The van der Waals surface area contributed by atoms with Gasteiger partial charge in [-0.2, -0.15) is 5.10 Å². The molecule has 146 valence electrons. The average Bonchev–Trinajstić information content (AvgIpc) is 3.04. The molecular weight excluding hydrogens is 338 g/mol. The first-order chi connectivity index (χ1) is 13.0. The molecule has 27 heavy (non-hydrogen) atoms. The molecule has 5 nitrogen and oxygen atoms in total.